The molecule has 1 atom stereocenters. The van der Waals surface area contributed by atoms with Crippen molar-refractivity contribution in [3.05, 3.63) is 51.2 Å². The Labute approximate surface area is 152 Å². The molecular formula is C17H18BrN3O4. The third kappa shape index (κ3) is 4.99. The van der Waals surface area contributed by atoms with E-state index < -0.39 is 23.5 Å². The van der Waals surface area contributed by atoms with Crippen LogP contribution in [0.25, 0.3) is 11.3 Å². The molecule has 7 nitrogen and oxygen atoms in total. The molecule has 25 heavy (non-hydrogen) atoms. The van der Waals surface area contributed by atoms with Gasteiger partial charge in [0.1, 0.15) is 12.6 Å². The van der Waals surface area contributed by atoms with Crippen LogP contribution in [0.15, 0.2) is 45.7 Å². The molecule has 1 heterocycles. The van der Waals surface area contributed by atoms with Crippen LogP contribution in [0.4, 0.5) is 0 Å². The number of benzene rings is 1. The Morgan fingerprint density at radius 3 is 2.40 bits per heavy atom. The highest BCUT2D eigenvalue weighted by Gasteiger charge is 2.23. The van der Waals surface area contributed by atoms with Crippen molar-refractivity contribution in [2.24, 2.45) is 5.92 Å². The van der Waals surface area contributed by atoms with Gasteiger partial charge in [-0.2, -0.15) is 5.10 Å². The Balaban J connectivity index is 2.20. The van der Waals surface area contributed by atoms with Crippen LogP contribution in [0.3, 0.4) is 0 Å². The minimum absolute atomic E-state index is 0.278. The highest BCUT2D eigenvalue weighted by molar-refractivity contribution is 9.10. The summed E-state index contributed by atoms with van der Waals surface area (Å²) in [6.07, 6.45) is 0. The molecule has 0 bridgehead atoms. The number of carboxylic acid groups (broad SMARTS) is 1. The van der Waals surface area contributed by atoms with Crippen LogP contribution in [0.1, 0.15) is 13.8 Å². The van der Waals surface area contributed by atoms with Gasteiger partial charge in [0.05, 0.1) is 5.69 Å². The number of nitrogens with one attached hydrogen (secondary N) is 1. The number of carboxylic acids is 1. The fourth-order valence-electron chi connectivity index (χ4n) is 2.21. The van der Waals surface area contributed by atoms with Gasteiger partial charge in [-0.1, -0.05) is 41.9 Å². The second kappa shape index (κ2) is 8.06. The van der Waals surface area contributed by atoms with Crippen LogP contribution in [-0.4, -0.2) is 32.8 Å². The molecule has 8 heteroatoms. The summed E-state index contributed by atoms with van der Waals surface area (Å²) >= 11 is 3.35. The molecule has 1 amide bonds. The van der Waals surface area contributed by atoms with E-state index in [-0.39, 0.29) is 12.5 Å². The summed E-state index contributed by atoms with van der Waals surface area (Å²) < 4.78 is 1.93. The van der Waals surface area contributed by atoms with E-state index in [2.05, 4.69) is 26.3 Å². The summed E-state index contributed by atoms with van der Waals surface area (Å²) in [6, 6.07) is 9.25. The Morgan fingerprint density at radius 2 is 1.84 bits per heavy atom. The number of hydrogen-bond donors (Lipinski definition) is 2. The van der Waals surface area contributed by atoms with Crippen LogP contribution in [0.2, 0.25) is 0 Å². The van der Waals surface area contributed by atoms with Crippen LogP contribution >= 0.6 is 15.9 Å². The van der Waals surface area contributed by atoms with E-state index in [1.165, 1.54) is 6.07 Å². The second-order valence-corrected chi connectivity index (χ2v) is 6.76. The molecule has 0 fully saturated rings. The highest BCUT2D eigenvalue weighted by Crippen LogP contribution is 2.18. The van der Waals surface area contributed by atoms with Crippen molar-refractivity contribution in [1.82, 2.24) is 15.1 Å². The quantitative estimate of drug-likeness (QED) is 0.761. The van der Waals surface area contributed by atoms with Crippen LogP contribution in [0.5, 0.6) is 0 Å². The number of halogens is 1. The van der Waals surface area contributed by atoms with E-state index in [1.807, 2.05) is 24.3 Å². The molecule has 1 aromatic carbocycles. The van der Waals surface area contributed by atoms with Crippen LogP contribution < -0.4 is 10.9 Å². The van der Waals surface area contributed by atoms with E-state index >= 15 is 0 Å². The average molecular weight is 408 g/mol. The van der Waals surface area contributed by atoms with E-state index in [4.69, 9.17) is 5.11 Å². The smallest absolute Gasteiger partial charge is 0.326 e. The van der Waals surface area contributed by atoms with Gasteiger partial charge in [0.15, 0.2) is 0 Å². The summed E-state index contributed by atoms with van der Waals surface area (Å²) in [4.78, 5) is 35.2. The summed E-state index contributed by atoms with van der Waals surface area (Å²) in [5.41, 5.74) is 0.897. The molecule has 0 saturated heterocycles. The molecule has 2 aromatic rings. The highest BCUT2D eigenvalue weighted by atomic mass is 79.9. The molecule has 132 valence electrons. The maximum absolute atomic E-state index is 12.1. The number of hydrogen-bond acceptors (Lipinski definition) is 4. The van der Waals surface area contributed by atoms with Gasteiger partial charge in [-0.3, -0.25) is 9.59 Å². The van der Waals surface area contributed by atoms with Gasteiger partial charge in [0.25, 0.3) is 5.56 Å². The summed E-state index contributed by atoms with van der Waals surface area (Å²) in [5, 5.41) is 15.7. The topological polar surface area (TPSA) is 101 Å². The second-order valence-electron chi connectivity index (χ2n) is 5.85. The van der Waals surface area contributed by atoms with Gasteiger partial charge < -0.3 is 10.4 Å². The van der Waals surface area contributed by atoms with Crippen molar-refractivity contribution in [2.45, 2.75) is 26.4 Å². The van der Waals surface area contributed by atoms with Crippen LogP contribution in [0, 0.1) is 5.92 Å². The molecule has 0 saturated carbocycles. The maximum Gasteiger partial charge on any atom is 0.326 e. The van der Waals surface area contributed by atoms with Crippen molar-refractivity contribution in [3.8, 4) is 11.3 Å². The number of carbonyl (C=O) groups excluding carboxylic acids is 1. The van der Waals surface area contributed by atoms with Gasteiger partial charge in [0, 0.05) is 16.1 Å². The standard InChI is InChI=1S/C17H18BrN3O4/c1-10(2)16(17(24)25)19-14(22)9-21-15(23)8-7-13(20-21)11-3-5-12(18)6-4-11/h3-8,10,16H,9H2,1-2H3,(H,19,22)(H,24,25)/t16-/m1/s1. The van der Waals surface area contributed by atoms with Crippen molar-refractivity contribution in [1.29, 1.82) is 0 Å². The Bertz CT molecular complexity index is 831. The predicted molar refractivity (Wildman–Crippen MR) is 96.0 cm³/mol. The minimum atomic E-state index is -1.12. The maximum atomic E-state index is 12.1. The number of carbonyl (C=O) groups is 2. The Kier molecular flexibility index (Phi) is 6.08. The molecule has 2 rings (SSSR count). The summed E-state index contributed by atoms with van der Waals surface area (Å²) in [5.74, 6) is -1.98. The first-order valence-electron chi connectivity index (χ1n) is 7.64. The van der Waals surface area contributed by atoms with E-state index in [0.717, 1.165) is 14.7 Å². The number of rotatable bonds is 6. The molecule has 0 unspecified atom stereocenters. The van der Waals surface area contributed by atoms with Gasteiger partial charge in [0.2, 0.25) is 5.91 Å². The number of aromatic nitrogens is 2. The van der Waals surface area contributed by atoms with E-state index in [9.17, 15) is 14.4 Å². The van der Waals surface area contributed by atoms with E-state index in [1.54, 1.807) is 19.9 Å². The number of aliphatic carboxylic acids is 1. The predicted octanol–water partition coefficient (Wildman–Crippen LogP) is 1.90. The normalized spacial score (nSPS) is 12.0. The first-order chi connectivity index (χ1) is 11.8. The van der Waals surface area contributed by atoms with Crippen LogP contribution in [-0.2, 0) is 16.1 Å². The molecule has 0 aliphatic heterocycles. The Hall–Kier alpha value is -2.48. The average Bonchev–Trinajstić information content (AvgIpc) is 2.55. The van der Waals surface area contributed by atoms with Gasteiger partial charge in [-0.25, -0.2) is 9.48 Å². The number of nitrogens with zero attached hydrogens (tertiary/aromatic N) is 2. The first-order valence-corrected chi connectivity index (χ1v) is 8.43. The van der Waals surface area contributed by atoms with Crippen molar-refractivity contribution in [3.63, 3.8) is 0 Å². The van der Waals surface area contributed by atoms with Gasteiger partial charge >= 0.3 is 5.97 Å². The van der Waals surface area contributed by atoms with Gasteiger partial charge in [-0.05, 0) is 24.1 Å². The lowest BCUT2D eigenvalue weighted by molar-refractivity contribution is -0.143. The third-order valence-electron chi connectivity index (χ3n) is 3.55. The summed E-state index contributed by atoms with van der Waals surface area (Å²) in [6.45, 7) is 3.04. The zero-order chi connectivity index (χ0) is 18.6. The Morgan fingerprint density at radius 1 is 1.20 bits per heavy atom. The number of amides is 1. The zero-order valence-electron chi connectivity index (χ0n) is 13.8. The fourth-order valence-corrected chi connectivity index (χ4v) is 2.47. The zero-order valence-corrected chi connectivity index (χ0v) is 15.4. The molecule has 0 aliphatic rings. The summed E-state index contributed by atoms with van der Waals surface area (Å²) in [7, 11) is 0. The lowest BCUT2D eigenvalue weighted by Crippen LogP contribution is -2.46. The third-order valence-corrected chi connectivity index (χ3v) is 4.08. The molecule has 1 aromatic heterocycles. The van der Waals surface area contributed by atoms with E-state index in [0.29, 0.717) is 5.69 Å². The largest absolute Gasteiger partial charge is 0.480 e. The molecule has 2 N–H and O–H groups in total. The SMILES string of the molecule is CC(C)[C@@H](NC(=O)Cn1nc(-c2ccc(Br)cc2)ccc1=O)C(=O)O. The van der Waals surface area contributed by atoms with Crippen molar-refractivity contribution in [2.75, 3.05) is 0 Å². The fraction of sp³-hybridized carbons (Fsp3) is 0.294. The first kappa shape index (κ1) is 18.9. The lowest BCUT2D eigenvalue weighted by atomic mass is 10.1. The van der Waals surface area contributed by atoms with Crippen molar-refractivity contribution >= 4 is 27.8 Å². The van der Waals surface area contributed by atoms with Gasteiger partial charge in [-0.15, -0.1) is 0 Å². The minimum Gasteiger partial charge on any atom is -0.480 e. The monoisotopic (exact) mass is 407 g/mol. The molecule has 0 radical (unpaired) electrons. The molecule has 0 aliphatic carbocycles. The van der Waals surface area contributed by atoms with Crippen molar-refractivity contribution < 1.29 is 14.7 Å². The molecular weight excluding hydrogens is 390 g/mol. The molecule has 0 spiro atoms. The lowest BCUT2D eigenvalue weighted by Gasteiger charge is -2.18.